The number of nitrogens with one attached hydrogen (secondary N) is 1. The van der Waals surface area contributed by atoms with Crippen molar-refractivity contribution in [1.82, 2.24) is 10.3 Å². The number of rotatable bonds is 6. The fourth-order valence-electron chi connectivity index (χ4n) is 1.91. The van der Waals surface area contributed by atoms with Crippen LogP contribution in [-0.4, -0.2) is 17.3 Å². The number of benzene rings is 1. The molecular weight excluding hydrogens is 339 g/mol. The zero-order chi connectivity index (χ0) is 14.4. The Morgan fingerprint density at radius 1 is 1.35 bits per heavy atom. The summed E-state index contributed by atoms with van der Waals surface area (Å²) in [5.41, 5.74) is 0.668. The van der Waals surface area contributed by atoms with Crippen LogP contribution < -0.4 is 5.32 Å². The van der Waals surface area contributed by atoms with Crippen molar-refractivity contribution in [3.63, 3.8) is 0 Å². The van der Waals surface area contributed by atoms with Crippen molar-refractivity contribution in [3.05, 3.63) is 58.6 Å². The standard InChI is InChI=1S/C15H16BrFN2S/c1-2-19-14(11-7-8-18-9-13(11)17)10-20-15-6-4-3-5-12(15)16/h3-9,14,19H,2,10H2,1H3. The second-order valence-corrected chi connectivity index (χ2v) is 6.17. The van der Waals surface area contributed by atoms with Gasteiger partial charge in [-0.05, 0) is 40.7 Å². The SMILES string of the molecule is CCNC(CSc1ccccc1Br)c1ccncc1F. The van der Waals surface area contributed by atoms with Crippen molar-refractivity contribution in [2.45, 2.75) is 17.9 Å². The summed E-state index contributed by atoms with van der Waals surface area (Å²) in [6.45, 7) is 2.82. The molecule has 2 rings (SSSR count). The molecule has 0 aliphatic carbocycles. The van der Waals surface area contributed by atoms with Crippen molar-refractivity contribution < 1.29 is 4.39 Å². The first kappa shape index (κ1) is 15.5. The molecule has 1 aromatic carbocycles. The topological polar surface area (TPSA) is 24.9 Å². The molecule has 1 unspecified atom stereocenters. The van der Waals surface area contributed by atoms with Gasteiger partial charge in [0, 0.05) is 32.9 Å². The fourth-order valence-corrected chi connectivity index (χ4v) is 3.56. The van der Waals surface area contributed by atoms with E-state index in [4.69, 9.17) is 0 Å². The highest BCUT2D eigenvalue weighted by atomic mass is 79.9. The van der Waals surface area contributed by atoms with E-state index in [0.717, 1.165) is 21.7 Å². The van der Waals surface area contributed by atoms with E-state index in [0.29, 0.717) is 5.56 Å². The summed E-state index contributed by atoms with van der Waals surface area (Å²) in [4.78, 5) is 4.96. The first-order valence-electron chi connectivity index (χ1n) is 6.42. The molecule has 0 aliphatic heterocycles. The molecule has 2 aromatic rings. The van der Waals surface area contributed by atoms with E-state index in [1.807, 2.05) is 25.1 Å². The van der Waals surface area contributed by atoms with Gasteiger partial charge in [-0.2, -0.15) is 0 Å². The lowest BCUT2D eigenvalue weighted by Crippen LogP contribution is -2.24. The van der Waals surface area contributed by atoms with Crippen molar-refractivity contribution in [3.8, 4) is 0 Å². The van der Waals surface area contributed by atoms with Crippen molar-refractivity contribution in [2.24, 2.45) is 0 Å². The Morgan fingerprint density at radius 3 is 2.85 bits per heavy atom. The van der Waals surface area contributed by atoms with Gasteiger partial charge < -0.3 is 5.32 Å². The van der Waals surface area contributed by atoms with Crippen LogP contribution in [0.2, 0.25) is 0 Å². The summed E-state index contributed by atoms with van der Waals surface area (Å²) in [6.07, 6.45) is 2.90. The van der Waals surface area contributed by atoms with Crippen LogP contribution in [0.1, 0.15) is 18.5 Å². The Morgan fingerprint density at radius 2 is 2.15 bits per heavy atom. The van der Waals surface area contributed by atoms with Gasteiger partial charge in [-0.3, -0.25) is 4.98 Å². The zero-order valence-electron chi connectivity index (χ0n) is 11.1. The molecule has 0 bridgehead atoms. The largest absolute Gasteiger partial charge is 0.309 e. The second kappa shape index (κ2) is 7.76. The highest BCUT2D eigenvalue weighted by Crippen LogP contribution is 2.30. The summed E-state index contributed by atoms with van der Waals surface area (Å²) < 4.78 is 14.9. The molecule has 0 saturated heterocycles. The lowest BCUT2D eigenvalue weighted by molar-refractivity contribution is 0.541. The van der Waals surface area contributed by atoms with Crippen LogP contribution in [0, 0.1) is 5.82 Å². The van der Waals surface area contributed by atoms with E-state index in [1.54, 1.807) is 24.0 Å². The maximum atomic E-state index is 13.8. The third-order valence-corrected chi connectivity index (χ3v) is 4.99. The average molecular weight is 355 g/mol. The van der Waals surface area contributed by atoms with Gasteiger partial charge in [0.25, 0.3) is 0 Å². The highest BCUT2D eigenvalue weighted by Gasteiger charge is 2.15. The van der Waals surface area contributed by atoms with Crippen LogP contribution in [0.25, 0.3) is 0 Å². The highest BCUT2D eigenvalue weighted by molar-refractivity contribution is 9.10. The van der Waals surface area contributed by atoms with E-state index in [1.165, 1.54) is 6.20 Å². The quantitative estimate of drug-likeness (QED) is 0.777. The minimum Gasteiger partial charge on any atom is -0.309 e. The minimum absolute atomic E-state index is 0.0277. The van der Waals surface area contributed by atoms with Crippen LogP contribution in [0.3, 0.4) is 0 Å². The Hall–Kier alpha value is -0.910. The average Bonchev–Trinajstić information content (AvgIpc) is 2.46. The summed E-state index contributed by atoms with van der Waals surface area (Å²) >= 11 is 5.23. The Kier molecular flexibility index (Phi) is 6.01. The van der Waals surface area contributed by atoms with Gasteiger partial charge in [-0.25, -0.2) is 4.39 Å². The number of nitrogens with zero attached hydrogens (tertiary/aromatic N) is 1. The van der Waals surface area contributed by atoms with E-state index in [9.17, 15) is 4.39 Å². The predicted molar refractivity (Wildman–Crippen MR) is 85.5 cm³/mol. The third kappa shape index (κ3) is 4.04. The number of pyridine rings is 1. The maximum Gasteiger partial charge on any atom is 0.146 e. The number of halogens is 2. The molecule has 1 N–H and O–H groups in total. The van der Waals surface area contributed by atoms with E-state index in [-0.39, 0.29) is 11.9 Å². The van der Waals surface area contributed by atoms with Crippen LogP contribution in [0.5, 0.6) is 0 Å². The molecule has 0 spiro atoms. The van der Waals surface area contributed by atoms with E-state index < -0.39 is 0 Å². The molecule has 0 radical (unpaired) electrons. The number of thioether (sulfide) groups is 1. The summed E-state index contributed by atoms with van der Waals surface area (Å²) in [7, 11) is 0. The smallest absolute Gasteiger partial charge is 0.146 e. The van der Waals surface area contributed by atoms with Gasteiger partial charge in [0.1, 0.15) is 5.82 Å². The zero-order valence-corrected chi connectivity index (χ0v) is 13.5. The number of aromatic nitrogens is 1. The third-order valence-electron chi connectivity index (χ3n) is 2.87. The molecule has 0 fully saturated rings. The minimum atomic E-state index is -0.258. The first-order valence-corrected chi connectivity index (χ1v) is 8.20. The lowest BCUT2D eigenvalue weighted by Gasteiger charge is -2.18. The second-order valence-electron chi connectivity index (χ2n) is 4.25. The van der Waals surface area contributed by atoms with Gasteiger partial charge in [-0.1, -0.05) is 19.1 Å². The van der Waals surface area contributed by atoms with Crippen LogP contribution in [0.4, 0.5) is 4.39 Å². The fraction of sp³-hybridized carbons (Fsp3) is 0.267. The van der Waals surface area contributed by atoms with E-state index >= 15 is 0 Å². The molecule has 1 atom stereocenters. The van der Waals surface area contributed by atoms with Crippen molar-refractivity contribution in [1.29, 1.82) is 0 Å². The van der Waals surface area contributed by atoms with Gasteiger partial charge in [0.2, 0.25) is 0 Å². The van der Waals surface area contributed by atoms with Crippen LogP contribution >= 0.6 is 27.7 Å². The molecule has 0 amide bonds. The Balaban J connectivity index is 2.11. The first-order chi connectivity index (χ1) is 9.72. The van der Waals surface area contributed by atoms with Gasteiger partial charge in [-0.15, -0.1) is 11.8 Å². The number of hydrogen-bond donors (Lipinski definition) is 1. The Labute approximate surface area is 131 Å². The monoisotopic (exact) mass is 354 g/mol. The molecule has 1 aromatic heterocycles. The molecule has 0 saturated carbocycles. The molecule has 2 nitrogen and oxygen atoms in total. The van der Waals surface area contributed by atoms with Gasteiger partial charge in [0.05, 0.1) is 6.20 Å². The molecule has 5 heteroatoms. The molecule has 1 heterocycles. The normalized spacial score (nSPS) is 12.3. The van der Waals surface area contributed by atoms with Gasteiger partial charge >= 0.3 is 0 Å². The lowest BCUT2D eigenvalue weighted by atomic mass is 10.1. The molecule has 106 valence electrons. The summed E-state index contributed by atoms with van der Waals surface area (Å²) in [5, 5.41) is 3.33. The van der Waals surface area contributed by atoms with Crippen LogP contribution in [0.15, 0.2) is 52.1 Å². The summed E-state index contributed by atoms with van der Waals surface area (Å²) in [5.74, 6) is 0.503. The Bertz CT molecular complexity index is 565. The van der Waals surface area contributed by atoms with Crippen molar-refractivity contribution >= 4 is 27.7 Å². The summed E-state index contributed by atoms with van der Waals surface area (Å²) in [6, 6.07) is 9.77. The van der Waals surface area contributed by atoms with Crippen LogP contribution in [-0.2, 0) is 0 Å². The predicted octanol–water partition coefficient (Wildman–Crippen LogP) is 4.43. The molecule has 20 heavy (non-hydrogen) atoms. The maximum absolute atomic E-state index is 13.8. The molecular formula is C15H16BrFN2S. The molecule has 0 aliphatic rings. The van der Waals surface area contributed by atoms with Crippen molar-refractivity contribution in [2.75, 3.05) is 12.3 Å². The van der Waals surface area contributed by atoms with Gasteiger partial charge in [0.15, 0.2) is 0 Å². The number of hydrogen-bond acceptors (Lipinski definition) is 3. The van der Waals surface area contributed by atoms with E-state index in [2.05, 4.69) is 32.3 Å².